The number of carboxylic acid groups (broad SMARTS) is 1. The Labute approximate surface area is 206 Å². The Morgan fingerprint density at radius 2 is 1.42 bits per heavy atom. The zero-order valence-corrected chi connectivity index (χ0v) is 19.4. The number of aromatic nitrogens is 3. The number of fused-ring (bicyclic) bond motifs is 2. The first-order chi connectivity index (χ1) is 17.5. The van der Waals surface area contributed by atoms with Crippen LogP contribution in [0.1, 0.15) is 16.1 Å². The third kappa shape index (κ3) is 3.47. The van der Waals surface area contributed by atoms with Crippen molar-refractivity contribution in [2.24, 2.45) is 0 Å². The second-order valence-corrected chi connectivity index (χ2v) is 8.73. The zero-order chi connectivity index (χ0) is 24.8. The summed E-state index contributed by atoms with van der Waals surface area (Å²) in [6, 6.07) is 30.3. The van der Waals surface area contributed by atoms with Crippen molar-refractivity contribution < 1.29 is 9.90 Å². The van der Waals surface area contributed by atoms with E-state index in [2.05, 4.69) is 4.98 Å². The third-order valence-electron chi connectivity index (χ3n) is 6.46. The molecule has 36 heavy (non-hydrogen) atoms. The average molecular weight is 472 g/mol. The SMILES string of the molecule is Cc1[nH]c2c(-c3ccccc3)c(-c3ccccc3)nn2c(=O)c1-c1ccc2cc(C(=O)O)ccc2c1. The molecule has 6 nitrogen and oxygen atoms in total. The van der Waals surface area contributed by atoms with Gasteiger partial charge in [-0.25, -0.2) is 4.79 Å². The van der Waals surface area contributed by atoms with Crippen LogP contribution in [0.5, 0.6) is 0 Å². The number of hydrogen-bond acceptors (Lipinski definition) is 3. The molecule has 0 unspecified atom stereocenters. The predicted octanol–water partition coefficient (Wildman–Crippen LogP) is 6.18. The van der Waals surface area contributed by atoms with E-state index < -0.39 is 5.97 Å². The molecule has 0 aliphatic carbocycles. The molecule has 2 aromatic heterocycles. The molecule has 4 aromatic carbocycles. The van der Waals surface area contributed by atoms with Gasteiger partial charge in [-0.15, -0.1) is 0 Å². The molecule has 174 valence electrons. The maximum atomic E-state index is 13.9. The number of hydrogen-bond donors (Lipinski definition) is 2. The summed E-state index contributed by atoms with van der Waals surface area (Å²) in [5.74, 6) is -0.971. The van der Waals surface area contributed by atoms with Gasteiger partial charge < -0.3 is 10.1 Å². The summed E-state index contributed by atoms with van der Waals surface area (Å²) >= 11 is 0. The molecule has 0 atom stereocenters. The Balaban J connectivity index is 1.60. The van der Waals surface area contributed by atoms with Crippen molar-refractivity contribution in [2.45, 2.75) is 6.92 Å². The predicted molar refractivity (Wildman–Crippen MR) is 141 cm³/mol. The Hall–Kier alpha value is -4.97. The van der Waals surface area contributed by atoms with Gasteiger partial charge in [-0.3, -0.25) is 4.79 Å². The van der Waals surface area contributed by atoms with Gasteiger partial charge in [0, 0.05) is 11.3 Å². The molecule has 6 rings (SSSR count). The molecule has 0 radical (unpaired) electrons. The van der Waals surface area contributed by atoms with Gasteiger partial charge >= 0.3 is 5.97 Å². The van der Waals surface area contributed by atoms with Crippen molar-refractivity contribution in [3.63, 3.8) is 0 Å². The van der Waals surface area contributed by atoms with E-state index >= 15 is 0 Å². The summed E-state index contributed by atoms with van der Waals surface area (Å²) in [6.45, 7) is 1.89. The van der Waals surface area contributed by atoms with E-state index in [-0.39, 0.29) is 11.1 Å². The molecule has 6 heteroatoms. The number of nitrogens with one attached hydrogen (secondary N) is 1. The standard InChI is InChI=1S/C30H21N3O3/c1-18-25(23-14-12-22-17-24(30(35)36)15-13-21(22)16-23)29(34)33-28(31-18)26(19-8-4-2-5-9-19)27(32-33)20-10-6-3-7-11-20/h2-17,31H,1H3,(H,35,36). The van der Waals surface area contributed by atoms with Gasteiger partial charge in [0.1, 0.15) is 11.3 Å². The molecule has 2 N–H and O–H groups in total. The highest BCUT2D eigenvalue weighted by Crippen LogP contribution is 2.35. The minimum absolute atomic E-state index is 0.220. The lowest BCUT2D eigenvalue weighted by atomic mass is 9.99. The van der Waals surface area contributed by atoms with E-state index in [1.54, 1.807) is 18.2 Å². The van der Waals surface area contributed by atoms with Crippen LogP contribution >= 0.6 is 0 Å². The highest BCUT2D eigenvalue weighted by molar-refractivity contribution is 5.96. The summed E-state index contributed by atoms with van der Waals surface area (Å²) in [6.07, 6.45) is 0. The Kier molecular flexibility index (Phi) is 5.00. The summed E-state index contributed by atoms with van der Waals surface area (Å²) < 4.78 is 1.45. The minimum Gasteiger partial charge on any atom is -0.478 e. The maximum absolute atomic E-state index is 13.9. The quantitative estimate of drug-likeness (QED) is 0.321. The number of aryl methyl sites for hydroxylation is 1. The second kappa shape index (κ2) is 8.36. The number of H-pyrrole nitrogens is 1. The van der Waals surface area contributed by atoms with Crippen molar-refractivity contribution in [3.8, 4) is 33.5 Å². The lowest BCUT2D eigenvalue weighted by Gasteiger charge is -2.09. The van der Waals surface area contributed by atoms with E-state index in [0.29, 0.717) is 11.2 Å². The summed E-state index contributed by atoms with van der Waals surface area (Å²) in [7, 11) is 0. The van der Waals surface area contributed by atoms with Gasteiger partial charge in [0.05, 0.1) is 16.7 Å². The molecule has 0 saturated carbocycles. The van der Waals surface area contributed by atoms with Crippen molar-refractivity contribution in [1.82, 2.24) is 14.6 Å². The number of carbonyl (C=O) groups is 1. The molecule has 2 heterocycles. The topological polar surface area (TPSA) is 87.5 Å². The number of nitrogens with zero attached hydrogens (tertiary/aromatic N) is 2. The van der Waals surface area contributed by atoms with Crippen LogP contribution in [0.2, 0.25) is 0 Å². The Morgan fingerprint density at radius 3 is 2.11 bits per heavy atom. The number of benzene rings is 4. The number of rotatable bonds is 4. The molecule has 0 spiro atoms. The number of aromatic amines is 1. The maximum Gasteiger partial charge on any atom is 0.335 e. The second-order valence-electron chi connectivity index (χ2n) is 8.73. The molecule has 0 amide bonds. The van der Waals surface area contributed by atoms with E-state index in [4.69, 9.17) is 5.10 Å². The molecule has 0 fully saturated rings. The Bertz CT molecular complexity index is 1840. The van der Waals surface area contributed by atoms with Gasteiger partial charge in [0.25, 0.3) is 5.56 Å². The van der Waals surface area contributed by atoms with Crippen molar-refractivity contribution >= 4 is 22.4 Å². The minimum atomic E-state index is -0.971. The lowest BCUT2D eigenvalue weighted by Crippen LogP contribution is -2.19. The van der Waals surface area contributed by atoms with E-state index in [1.165, 1.54) is 4.52 Å². The van der Waals surface area contributed by atoms with Gasteiger partial charge in [-0.2, -0.15) is 9.61 Å². The molecular weight excluding hydrogens is 450 g/mol. The van der Waals surface area contributed by atoms with Crippen molar-refractivity contribution in [2.75, 3.05) is 0 Å². The van der Waals surface area contributed by atoms with E-state index in [1.807, 2.05) is 85.8 Å². The molecule has 6 aromatic rings. The lowest BCUT2D eigenvalue weighted by molar-refractivity contribution is 0.0697. The molecule has 0 aliphatic rings. The zero-order valence-electron chi connectivity index (χ0n) is 19.4. The normalized spacial score (nSPS) is 11.2. The van der Waals surface area contributed by atoms with Gasteiger partial charge in [-0.05, 0) is 47.0 Å². The summed E-state index contributed by atoms with van der Waals surface area (Å²) in [5.41, 5.74) is 6.12. The van der Waals surface area contributed by atoms with Crippen LogP contribution in [0.15, 0.2) is 102 Å². The van der Waals surface area contributed by atoms with Crippen LogP contribution in [-0.2, 0) is 0 Å². The summed E-state index contributed by atoms with van der Waals surface area (Å²) in [4.78, 5) is 28.6. The molecule has 0 aliphatic heterocycles. The fourth-order valence-corrected chi connectivity index (χ4v) is 4.74. The van der Waals surface area contributed by atoms with Gasteiger partial charge in [0.15, 0.2) is 0 Å². The number of carboxylic acids is 1. The fourth-order valence-electron chi connectivity index (χ4n) is 4.74. The highest BCUT2D eigenvalue weighted by atomic mass is 16.4. The molecule has 0 saturated heterocycles. The van der Waals surface area contributed by atoms with E-state index in [9.17, 15) is 14.7 Å². The van der Waals surface area contributed by atoms with Gasteiger partial charge in [0.2, 0.25) is 0 Å². The van der Waals surface area contributed by atoms with Crippen LogP contribution in [0.3, 0.4) is 0 Å². The van der Waals surface area contributed by atoms with Crippen LogP contribution in [0.4, 0.5) is 0 Å². The fraction of sp³-hybridized carbons (Fsp3) is 0.0333. The number of aromatic carboxylic acids is 1. The van der Waals surface area contributed by atoms with Crippen LogP contribution in [-0.4, -0.2) is 25.7 Å². The van der Waals surface area contributed by atoms with Crippen molar-refractivity contribution in [3.05, 3.63) is 119 Å². The first kappa shape index (κ1) is 21.6. The monoisotopic (exact) mass is 471 g/mol. The largest absolute Gasteiger partial charge is 0.478 e. The first-order valence-electron chi connectivity index (χ1n) is 11.6. The highest BCUT2D eigenvalue weighted by Gasteiger charge is 2.21. The van der Waals surface area contributed by atoms with Crippen LogP contribution in [0.25, 0.3) is 49.9 Å². The molecule has 0 bridgehead atoms. The molecular formula is C30H21N3O3. The average Bonchev–Trinajstić information content (AvgIpc) is 3.29. The van der Waals surface area contributed by atoms with Crippen LogP contribution < -0.4 is 5.56 Å². The van der Waals surface area contributed by atoms with E-state index in [0.717, 1.165) is 44.4 Å². The Morgan fingerprint density at radius 1 is 0.778 bits per heavy atom. The summed E-state index contributed by atoms with van der Waals surface area (Å²) in [5, 5.41) is 15.7. The van der Waals surface area contributed by atoms with Crippen molar-refractivity contribution in [1.29, 1.82) is 0 Å². The first-order valence-corrected chi connectivity index (χ1v) is 11.6. The third-order valence-corrected chi connectivity index (χ3v) is 6.46. The van der Waals surface area contributed by atoms with Crippen LogP contribution in [0, 0.1) is 6.92 Å². The smallest absolute Gasteiger partial charge is 0.335 e. The van der Waals surface area contributed by atoms with Gasteiger partial charge in [-0.1, -0.05) is 78.9 Å².